The number of nitrogens with zero attached hydrogens (tertiary/aromatic N) is 2. The number of carboxylic acid groups (broad SMARTS) is 1. The third-order valence-corrected chi connectivity index (χ3v) is 11.8. The molecule has 14 heteroatoms. The first kappa shape index (κ1) is 35.3. The topological polar surface area (TPSA) is 145 Å². The molecular weight excluding hydrogens is 673 g/mol. The van der Waals surface area contributed by atoms with Crippen LogP contribution in [0.5, 0.6) is 5.75 Å². The van der Waals surface area contributed by atoms with Crippen molar-refractivity contribution in [3.8, 4) is 17.6 Å². The van der Waals surface area contributed by atoms with Gasteiger partial charge >= 0.3 is 5.97 Å². The Hall–Kier alpha value is -4.00. The number of aliphatic carboxylic acids is 1. The molecule has 0 radical (unpaired) electrons. The van der Waals surface area contributed by atoms with Crippen LogP contribution in [0, 0.1) is 17.8 Å². The normalized spacial score (nSPS) is 19.0. The highest BCUT2D eigenvalue weighted by Gasteiger charge is 2.34. The predicted molar refractivity (Wildman–Crippen MR) is 187 cm³/mol. The van der Waals surface area contributed by atoms with E-state index in [2.05, 4.69) is 26.8 Å². The molecule has 1 unspecified atom stereocenters. The molecule has 2 aliphatic heterocycles. The monoisotopic (exact) mass is 710 g/mol. The highest BCUT2D eigenvalue weighted by molar-refractivity contribution is 8.03. The molecule has 0 amide bonds. The van der Waals surface area contributed by atoms with Gasteiger partial charge in [0.25, 0.3) is 10.2 Å². The quantitative estimate of drug-likeness (QED) is 0.252. The van der Waals surface area contributed by atoms with E-state index in [1.165, 1.54) is 10.6 Å². The van der Waals surface area contributed by atoms with E-state index < -0.39 is 36.9 Å². The summed E-state index contributed by atoms with van der Waals surface area (Å²) >= 11 is 1.55. The molecule has 3 N–H and O–H groups in total. The molecule has 1 fully saturated rings. The number of rotatable bonds is 11. The minimum absolute atomic E-state index is 0.234. The smallest absolute Gasteiger partial charge is 0.322 e. The molecule has 2 atom stereocenters. The van der Waals surface area contributed by atoms with Crippen molar-refractivity contribution in [3.63, 3.8) is 0 Å². The molecule has 2 heterocycles. The number of carboxylic acids is 1. The molecule has 0 spiro atoms. The average molecular weight is 711 g/mol. The Labute approximate surface area is 286 Å². The van der Waals surface area contributed by atoms with Crippen LogP contribution in [0.25, 0.3) is 0 Å². The number of sulfone groups is 1. The van der Waals surface area contributed by atoms with Crippen molar-refractivity contribution in [1.82, 2.24) is 14.3 Å². The molecular formula is C34H38N4O7S3. The van der Waals surface area contributed by atoms with Crippen molar-refractivity contribution in [3.05, 3.63) is 101 Å². The highest BCUT2D eigenvalue weighted by atomic mass is 32.2. The van der Waals surface area contributed by atoms with Gasteiger partial charge in [0.15, 0.2) is 14.7 Å². The largest absolute Gasteiger partial charge is 0.489 e. The van der Waals surface area contributed by atoms with Gasteiger partial charge in [0.05, 0.1) is 4.90 Å². The van der Waals surface area contributed by atoms with E-state index in [4.69, 9.17) is 4.74 Å². The van der Waals surface area contributed by atoms with Gasteiger partial charge in [0.1, 0.15) is 18.4 Å². The standard InChI is InChI=1S/C34H38N4O7S3/c1-25(2)32(33(39)40)36-48(43,44)38-20-18-37(19-21-38)29-11-7-26(8-12-29)15-16-34(35-17-22-46-34)28-5-4-6-30(23-28)45-24-27-9-13-31(14-10-27)47(3,41)42/h4-14,17,22-23,25,32,35-36H,18-21,24H2,1-3H3,(H,39,40)/t32-,34?/m1/s1. The van der Waals surface area contributed by atoms with Crippen molar-refractivity contribution in [2.24, 2.45) is 5.92 Å². The lowest BCUT2D eigenvalue weighted by Gasteiger charge is -2.36. The van der Waals surface area contributed by atoms with Gasteiger partial charge in [-0.2, -0.15) is 17.4 Å². The number of nitrogens with one attached hydrogen (secondary N) is 2. The molecule has 1 saturated heterocycles. The maximum absolute atomic E-state index is 12.8. The Kier molecular flexibility index (Phi) is 10.8. The number of hydrogen-bond donors (Lipinski definition) is 3. The summed E-state index contributed by atoms with van der Waals surface area (Å²) in [6.07, 6.45) is 3.04. The van der Waals surface area contributed by atoms with Crippen LogP contribution in [0.2, 0.25) is 0 Å². The molecule has 0 aromatic heterocycles. The first-order chi connectivity index (χ1) is 22.8. The van der Waals surface area contributed by atoms with Gasteiger partial charge in [0.2, 0.25) is 0 Å². The number of hydrogen-bond acceptors (Lipinski definition) is 9. The molecule has 3 aromatic rings. The number of ether oxygens (including phenoxy) is 1. The fourth-order valence-electron chi connectivity index (χ4n) is 5.22. The Morgan fingerprint density at radius 3 is 2.29 bits per heavy atom. The van der Waals surface area contributed by atoms with Crippen molar-refractivity contribution in [2.45, 2.75) is 36.3 Å². The van der Waals surface area contributed by atoms with Crippen molar-refractivity contribution in [2.75, 3.05) is 37.3 Å². The summed E-state index contributed by atoms with van der Waals surface area (Å²) in [5.41, 5.74) is 3.52. The van der Waals surface area contributed by atoms with Crippen LogP contribution in [0.15, 0.2) is 89.3 Å². The van der Waals surface area contributed by atoms with Gasteiger partial charge in [-0.1, -0.05) is 61.7 Å². The zero-order valence-corrected chi connectivity index (χ0v) is 29.2. The second kappa shape index (κ2) is 14.6. The Balaban J connectivity index is 1.22. The molecule has 0 saturated carbocycles. The van der Waals surface area contributed by atoms with Gasteiger partial charge in [-0.25, -0.2) is 8.42 Å². The van der Waals surface area contributed by atoms with Gasteiger partial charge < -0.3 is 20.1 Å². The average Bonchev–Trinajstić information content (AvgIpc) is 3.56. The van der Waals surface area contributed by atoms with Crippen molar-refractivity contribution >= 4 is 43.5 Å². The van der Waals surface area contributed by atoms with Gasteiger partial charge in [0, 0.05) is 55.4 Å². The summed E-state index contributed by atoms with van der Waals surface area (Å²) in [4.78, 5) is 13.1. The lowest BCUT2D eigenvalue weighted by molar-refractivity contribution is -0.140. The zero-order chi connectivity index (χ0) is 34.5. The summed E-state index contributed by atoms with van der Waals surface area (Å²) in [6.45, 7) is 5.00. The van der Waals surface area contributed by atoms with Crippen LogP contribution in [0.1, 0.15) is 30.5 Å². The minimum Gasteiger partial charge on any atom is -0.489 e. The van der Waals surface area contributed by atoms with E-state index in [1.807, 2.05) is 60.1 Å². The van der Waals surface area contributed by atoms with Gasteiger partial charge in [-0.05, 0) is 65.4 Å². The summed E-state index contributed by atoms with van der Waals surface area (Å²) < 4.78 is 58.8. The van der Waals surface area contributed by atoms with Crippen LogP contribution in [0.4, 0.5) is 5.69 Å². The fraction of sp³-hybridized carbons (Fsp3) is 0.324. The SMILES string of the molecule is CC(C)[C@@H](NS(=O)(=O)N1CCN(c2ccc(C#CC3(c4cccc(OCc5ccc(S(C)(=O)=O)cc5)c4)NC=CS3)cc2)CC1)C(=O)O. The van der Waals surface area contributed by atoms with Crippen molar-refractivity contribution in [1.29, 1.82) is 0 Å². The lowest BCUT2D eigenvalue weighted by atomic mass is 10.1. The number of piperazine rings is 1. The van der Waals surface area contributed by atoms with Crippen molar-refractivity contribution < 1.29 is 31.5 Å². The highest BCUT2D eigenvalue weighted by Crippen LogP contribution is 2.39. The minimum atomic E-state index is -3.94. The number of anilines is 1. The molecule has 254 valence electrons. The van der Waals surface area contributed by atoms with Crippen LogP contribution in [0.3, 0.4) is 0 Å². The van der Waals surface area contributed by atoms with Crippen LogP contribution >= 0.6 is 11.8 Å². The second-order valence-electron chi connectivity index (χ2n) is 11.8. The Morgan fingerprint density at radius 1 is 1.02 bits per heavy atom. The Morgan fingerprint density at radius 2 is 1.71 bits per heavy atom. The lowest BCUT2D eigenvalue weighted by Crippen LogP contribution is -2.55. The van der Waals surface area contributed by atoms with Crippen LogP contribution in [-0.4, -0.2) is 70.7 Å². The molecule has 0 bridgehead atoms. The van der Waals surface area contributed by atoms with E-state index in [0.717, 1.165) is 22.4 Å². The van der Waals surface area contributed by atoms with E-state index >= 15 is 0 Å². The predicted octanol–water partition coefficient (Wildman–Crippen LogP) is 3.75. The number of benzene rings is 3. The first-order valence-electron chi connectivity index (χ1n) is 15.3. The van der Waals surface area contributed by atoms with Crippen LogP contribution in [-0.2, 0) is 36.3 Å². The maximum Gasteiger partial charge on any atom is 0.322 e. The third kappa shape index (κ3) is 8.53. The molecule has 3 aromatic carbocycles. The summed E-state index contributed by atoms with van der Waals surface area (Å²) in [7, 11) is -7.20. The number of thioether (sulfide) groups is 1. The number of carbonyl (C=O) groups is 1. The molecule has 2 aliphatic rings. The maximum atomic E-state index is 12.8. The first-order valence-corrected chi connectivity index (χ1v) is 19.5. The van der Waals surface area contributed by atoms with Gasteiger partial charge in [-0.3, -0.25) is 4.79 Å². The molecule has 5 rings (SSSR count). The second-order valence-corrected chi connectivity index (χ2v) is 16.7. The fourth-order valence-corrected chi connectivity index (χ4v) is 8.19. The van der Waals surface area contributed by atoms with Gasteiger partial charge in [-0.15, -0.1) is 0 Å². The Bertz CT molecular complexity index is 1920. The summed E-state index contributed by atoms with van der Waals surface area (Å²) in [5.74, 6) is 5.75. The summed E-state index contributed by atoms with van der Waals surface area (Å²) in [6, 6.07) is 20.9. The van der Waals surface area contributed by atoms with E-state index in [-0.39, 0.29) is 30.5 Å². The van der Waals surface area contributed by atoms with E-state index in [1.54, 1.807) is 49.9 Å². The molecule has 48 heavy (non-hydrogen) atoms. The van der Waals surface area contributed by atoms with Crippen LogP contribution < -0.4 is 19.7 Å². The zero-order valence-electron chi connectivity index (χ0n) is 26.8. The molecule has 11 nitrogen and oxygen atoms in total. The summed E-state index contributed by atoms with van der Waals surface area (Å²) in [5, 5.41) is 14.7. The van der Waals surface area contributed by atoms with E-state index in [0.29, 0.717) is 18.8 Å². The molecule has 0 aliphatic carbocycles. The van der Waals surface area contributed by atoms with E-state index in [9.17, 15) is 26.7 Å². The third-order valence-electron chi connectivity index (χ3n) is 8.00.